The van der Waals surface area contributed by atoms with Gasteiger partial charge >= 0.3 is 6.01 Å². The molecule has 3 rings (SSSR count). The monoisotopic (exact) mass is 381 g/mol. The second-order valence-electron chi connectivity index (χ2n) is 6.16. The van der Waals surface area contributed by atoms with Crippen LogP contribution >= 0.6 is 0 Å². The Labute approximate surface area is 162 Å². The Morgan fingerprint density at radius 3 is 2.29 bits per heavy atom. The average molecular weight is 381 g/mol. The Morgan fingerprint density at radius 2 is 1.68 bits per heavy atom. The van der Waals surface area contributed by atoms with Crippen molar-refractivity contribution in [2.45, 2.75) is 20.3 Å². The lowest BCUT2D eigenvalue weighted by molar-refractivity contribution is -0.115. The molecule has 1 heterocycles. The van der Waals surface area contributed by atoms with Gasteiger partial charge in [-0.3, -0.25) is 4.79 Å². The van der Waals surface area contributed by atoms with Gasteiger partial charge in [0.1, 0.15) is 5.75 Å². The summed E-state index contributed by atoms with van der Waals surface area (Å²) < 4.78 is 24.3. The van der Waals surface area contributed by atoms with Crippen molar-refractivity contribution in [3.63, 3.8) is 0 Å². The maximum absolute atomic E-state index is 13.7. The van der Waals surface area contributed by atoms with Gasteiger partial charge in [-0.2, -0.15) is 9.97 Å². The number of ether oxygens (including phenoxy) is 2. The fraction of sp³-hybridized carbons (Fsp3) is 0.190. The van der Waals surface area contributed by atoms with Gasteiger partial charge in [0, 0.05) is 0 Å². The molecule has 3 aromatic rings. The van der Waals surface area contributed by atoms with Crippen molar-refractivity contribution in [1.82, 2.24) is 9.97 Å². The molecule has 0 bridgehead atoms. The summed E-state index contributed by atoms with van der Waals surface area (Å²) in [5, 5.41) is 2.83. The number of aryl methyl sites for hydroxylation is 2. The van der Waals surface area contributed by atoms with Gasteiger partial charge in [0.25, 0.3) is 0 Å². The van der Waals surface area contributed by atoms with E-state index in [1.807, 2.05) is 12.1 Å². The van der Waals surface area contributed by atoms with E-state index in [0.29, 0.717) is 17.1 Å². The van der Waals surface area contributed by atoms with Gasteiger partial charge in [0.15, 0.2) is 11.6 Å². The fourth-order valence-electron chi connectivity index (χ4n) is 2.65. The van der Waals surface area contributed by atoms with E-state index >= 15 is 0 Å². The predicted octanol–water partition coefficient (Wildman–Crippen LogP) is 4.21. The van der Waals surface area contributed by atoms with Crippen LogP contribution in [0.15, 0.2) is 48.5 Å². The third-order valence-electron chi connectivity index (χ3n) is 4.08. The summed E-state index contributed by atoms with van der Waals surface area (Å²) in [6.45, 7) is 3.46. The number of anilines is 1. The Hall–Kier alpha value is -3.48. The Kier molecular flexibility index (Phi) is 5.84. The summed E-state index contributed by atoms with van der Waals surface area (Å²) in [7, 11) is 1.59. The number of aromatic nitrogens is 2. The van der Waals surface area contributed by atoms with Crippen LogP contribution < -0.4 is 14.8 Å². The van der Waals surface area contributed by atoms with E-state index in [9.17, 15) is 9.18 Å². The molecular formula is C21H20FN3O3. The number of para-hydroxylation sites is 1. The minimum Gasteiger partial charge on any atom is -0.497 e. The first-order chi connectivity index (χ1) is 13.5. The van der Waals surface area contributed by atoms with E-state index in [1.165, 1.54) is 12.1 Å². The highest BCUT2D eigenvalue weighted by atomic mass is 19.1. The second-order valence-corrected chi connectivity index (χ2v) is 6.16. The number of rotatable bonds is 6. The first kappa shape index (κ1) is 19.3. The summed E-state index contributed by atoms with van der Waals surface area (Å²) >= 11 is 0. The molecule has 0 unspecified atom stereocenters. The zero-order valence-corrected chi connectivity index (χ0v) is 15.8. The number of nitrogens with zero attached hydrogens (tertiary/aromatic N) is 2. The average Bonchev–Trinajstić information content (AvgIpc) is 2.67. The van der Waals surface area contributed by atoms with Crippen LogP contribution in [0, 0.1) is 19.7 Å². The largest absolute Gasteiger partial charge is 0.497 e. The third kappa shape index (κ3) is 4.62. The van der Waals surface area contributed by atoms with E-state index in [0.717, 1.165) is 11.3 Å². The van der Waals surface area contributed by atoms with E-state index < -0.39 is 5.82 Å². The highest BCUT2D eigenvalue weighted by Gasteiger charge is 2.14. The normalized spacial score (nSPS) is 10.4. The van der Waals surface area contributed by atoms with Crippen LogP contribution in [-0.4, -0.2) is 23.0 Å². The molecule has 2 aromatic carbocycles. The summed E-state index contributed by atoms with van der Waals surface area (Å²) in [5.41, 5.74) is 2.43. The van der Waals surface area contributed by atoms with Crippen molar-refractivity contribution in [2.75, 3.05) is 12.4 Å². The Bertz CT molecular complexity index is 967. The second kappa shape index (κ2) is 8.47. The standard InChI is InChI=1S/C21H20FN3O3/c1-13-20(25-19(26)12-15-8-10-16(27-3)11-9-15)14(2)24-21(23-13)28-18-7-5-4-6-17(18)22/h4-11H,12H2,1-3H3,(H,25,26). The van der Waals surface area contributed by atoms with Gasteiger partial charge in [-0.1, -0.05) is 24.3 Å². The van der Waals surface area contributed by atoms with Gasteiger partial charge in [0.2, 0.25) is 5.91 Å². The Morgan fingerprint density at radius 1 is 1.04 bits per heavy atom. The lowest BCUT2D eigenvalue weighted by Crippen LogP contribution is -2.17. The van der Waals surface area contributed by atoms with Crippen LogP contribution in [0.2, 0.25) is 0 Å². The SMILES string of the molecule is COc1ccc(CC(=O)Nc2c(C)nc(Oc3ccccc3F)nc2C)cc1. The van der Waals surface area contributed by atoms with Crippen LogP contribution in [0.3, 0.4) is 0 Å². The molecule has 0 aliphatic carbocycles. The molecule has 0 aliphatic rings. The number of halogens is 1. The van der Waals surface area contributed by atoms with Crippen molar-refractivity contribution in [1.29, 1.82) is 0 Å². The lowest BCUT2D eigenvalue weighted by atomic mass is 10.1. The summed E-state index contributed by atoms with van der Waals surface area (Å²) in [6, 6.07) is 13.3. The van der Waals surface area contributed by atoms with Crippen LogP contribution in [0.1, 0.15) is 17.0 Å². The summed E-state index contributed by atoms with van der Waals surface area (Å²) in [6.07, 6.45) is 0.205. The first-order valence-corrected chi connectivity index (χ1v) is 8.66. The molecule has 7 heteroatoms. The summed E-state index contributed by atoms with van der Waals surface area (Å²) in [5.74, 6) is 0.0771. The maximum atomic E-state index is 13.7. The van der Waals surface area contributed by atoms with Crippen LogP contribution in [0.4, 0.5) is 10.1 Å². The number of carbonyl (C=O) groups excluding carboxylic acids is 1. The first-order valence-electron chi connectivity index (χ1n) is 8.66. The molecule has 28 heavy (non-hydrogen) atoms. The van der Waals surface area contributed by atoms with E-state index in [-0.39, 0.29) is 24.1 Å². The van der Waals surface area contributed by atoms with Gasteiger partial charge in [-0.05, 0) is 43.7 Å². The highest BCUT2D eigenvalue weighted by molar-refractivity contribution is 5.93. The number of carbonyl (C=O) groups is 1. The lowest BCUT2D eigenvalue weighted by Gasteiger charge is -2.13. The molecule has 0 fully saturated rings. The molecule has 1 amide bonds. The number of hydrogen-bond donors (Lipinski definition) is 1. The molecule has 0 saturated heterocycles. The van der Waals surface area contributed by atoms with Crippen molar-refractivity contribution >= 4 is 11.6 Å². The summed E-state index contributed by atoms with van der Waals surface area (Å²) in [4.78, 5) is 20.8. The molecule has 0 atom stereocenters. The van der Waals surface area contributed by atoms with E-state index in [4.69, 9.17) is 9.47 Å². The zero-order valence-electron chi connectivity index (χ0n) is 15.8. The molecule has 1 N–H and O–H groups in total. The molecule has 1 aromatic heterocycles. The molecule has 0 saturated carbocycles. The number of benzene rings is 2. The third-order valence-corrected chi connectivity index (χ3v) is 4.08. The van der Waals surface area contributed by atoms with Crippen LogP contribution in [0.5, 0.6) is 17.5 Å². The molecular weight excluding hydrogens is 361 g/mol. The highest BCUT2D eigenvalue weighted by Crippen LogP contribution is 2.25. The van der Waals surface area contributed by atoms with Crippen LogP contribution in [-0.2, 0) is 11.2 Å². The number of methoxy groups -OCH3 is 1. The molecule has 0 spiro atoms. The predicted molar refractivity (Wildman–Crippen MR) is 103 cm³/mol. The van der Waals surface area contributed by atoms with Crippen molar-refractivity contribution in [3.8, 4) is 17.5 Å². The molecule has 0 aliphatic heterocycles. The van der Waals surface area contributed by atoms with Gasteiger partial charge < -0.3 is 14.8 Å². The van der Waals surface area contributed by atoms with Crippen molar-refractivity contribution in [2.24, 2.45) is 0 Å². The minimum atomic E-state index is -0.502. The molecule has 0 radical (unpaired) electrons. The van der Waals surface area contributed by atoms with Gasteiger partial charge in [-0.15, -0.1) is 0 Å². The van der Waals surface area contributed by atoms with Gasteiger partial charge in [-0.25, -0.2) is 4.39 Å². The smallest absolute Gasteiger partial charge is 0.322 e. The maximum Gasteiger partial charge on any atom is 0.322 e. The van der Waals surface area contributed by atoms with Crippen molar-refractivity contribution in [3.05, 3.63) is 71.3 Å². The number of nitrogens with one attached hydrogen (secondary N) is 1. The number of amides is 1. The van der Waals surface area contributed by atoms with E-state index in [2.05, 4.69) is 15.3 Å². The molecule has 144 valence electrons. The molecule has 6 nitrogen and oxygen atoms in total. The van der Waals surface area contributed by atoms with Crippen molar-refractivity contribution < 1.29 is 18.7 Å². The van der Waals surface area contributed by atoms with Gasteiger partial charge in [0.05, 0.1) is 30.6 Å². The Balaban J connectivity index is 1.71. The topological polar surface area (TPSA) is 73.3 Å². The van der Waals surface area contributed by atoms with E-state index in [1.54, 1.807) is 45.2 Å². The van der Waals surface area contributed by atoms with Crippen LogP contribution in [0.25, 0.3) is 0 Å². The minimum absolute atomic E-state index is 0.0215. The number of hydrogen-bond acceptors (Lipinski definition) is 5. The zero-order chi connectivity index (χ0) is 20.1. The fourth-order valence-corrected chi connectivity index (χ4v) is 2.65. The quantitative estimate of drug-likeness (QED) is 0.692.